The minimum absolute atomic E-state index is 0.0443. The Hall–Kier alpha value is -3.95. The Labute approximate surface area is 177 Å². The third-order valence-electron chi connectivity index (χ3n) is 4.64. The summed E-state index contributed by atoms with van der Waals surface area (Å²) in [7, 11) is 1.36. The second kappa shape index (κ2) is 9.24. The van der Waals surface area contributed by atoms with Crippen molar-refractivity contribution in [1.82, 2.24) is 0 Å². The Balaban J connectivity index is 1.60. The number of nitrogens with zero attached hydrogens (tertiary/aromatic N) is 1. The zero-order valence-electron chi connectivity index (χ0n) is 16.9. The van der Waals surface area contributed by atoms with Crippen LogP contribution in [0.2, 0.25) is 0 Å². The minimum atomic E-state index is -1.18. The fourth-order valence-corrected chi connectivity index (χ4v) is 2.70. The van der Waals surface area contributed by atoms with Gasteiger partial charge in [0.25, 0.3) is 11.6 Å². The van der Waals surface area contributed by atoms with Crippen molar-refractivity contribution in [2.45, 2.75) is 25.9 Å². The number of hydrogen-bond acceptors (Lipinski definition) is 7. The minimum Gasteiger partial charge on any atom is -0.495 e. The predicted octanol–water partition coefficient (Wildman–Crippen LogP) is 3.14. The molecule has 2 amide bonds. The summed E-state index contributed by atoms with van der Waals surface area (Å²) in [6, 6.07) is 9.88. The van der Waals surface area contributed by atoms with Crippen molar-refractivity contribution < 1.29 is 28.8 Å². The van der Waals surface area contributed by atoms with E-state index in [4.69, 9.17) is 9.47 Å². The van der Waals surface area contributed by atoms with E-state index in [1.165, 1.54) is 38.3 Å². The number of nitrogens with one attached hydrogen (secondary N) is 2. The zero-order chi connectivity index (χ0) is 22.5. The first-order valence-electron chi connectivity index (χ1n) is 9.53. The molecule has 0 spiro atoms. The van der Waals surface area contributed by atoms with Gasteiger partial charge in [-0.25, -0.2) is 4.79 Å². The Kier molecular flexibility index (Phi) is 6.49. The molecule has 1 aliphatic carbocycles. The van der Waals surface area contributed by atoms with Gasteiger partial charge in [0.05, 0.1) is 23.3 Å². The molecule has 162 valence electrons. The number of esters is 1. The number of rotatable bonds is 8. The second-order valence-corrected chi connectivity index (χ2v) is 7.02. The fourth-order valence-electron chi connectivity index (χ4n) is 2.70. The fraction of sp³-hybridized carbons (Fsp3) is 0.286. The number of nitro groups is 1. The largest absolute Gasteiger partial charge is 0.495 e. The van der Waals surface area contributed by atoms with Crippen LogP contribution in [0.15, 0.2) is 42.5 Å². The molecule has 2 N–H and O–H groups in total. The molecule has 0 aromatic heterocycles. The normalized spacial score (nSPS) is 13.6. The van der Waals surface area contributed by atoms with Crippen molar-refractivity contribution in [3.63, 3.8) is 0 Å². The summed E-state index contributed by atoms with van der Waals surface area (Å²) in [6.07, 6.45) is 0.599. The quantitative estimate of drug-likeness (QED) is 0.375. The summed E-state index contributed by atoms with van der Waals surface area (Å²) in [4.78, 5) is 46.9. The number of amides is 2. The molecule has 0 saturated heterocycles. The number of methoxy groups -OCH3 is 1. The molecule has 1 unspecified atom stereocenters. The number of hydrogen-bond donors (Lipinski definition) is 2. The topological polar surface area (TPSA) is 137 Å². The van der Waals surface area contributed by atoms with Gasteiger partial charge < -0.3 is 20.1 Å². The van der Waals surface area contributed by atoms with E-state index in [0.29, 0.717) is 5.69 Å². The van der Waals surface area contributed by atoms with Gasteiger partial charge in [-0.05, 0) is 50.1 Å². The monoisotopic (exact) mass is 427 g/mol. The van der Waals surface area contributed by atoms with Gasteiger partial charge in [-0.3, -0.25) is 19.7 Å². The summed E-state index contributed by atoms with van der Waals surface area (Å²) in [6.45, 7) is 1.38. The van der Waals surface area contributed by atoms with Crippen LogP contribution in [0.3, 0.4) is 0 Å². The van der Waals surface area contributed by atoms with Crippen LogP contribution in [0.4, 0.5) is 17.1 Å². The van der Waals surface area contributed by atoms with Crippen molar-refractivity contribution in [2.24, 2.45) is 5.92 Å². The number of non-ortho nitro benzene ring substituents is 1. The highest BCUT2D eigenvalue weighted by Crippen LogP contribution is 2.30. The molecular formula is C21H21N3O7. The van der Waals surface area contributed by atoms with Crippen molar-refractivity contribution in [2.75, 3.05) is 17.7 Å². The van der Waals surface area contributed by atoms with Crippen molar-refractivity contribution in [3.8, 4) is 5.75 Å². The molecule has 0 aliphatic heterocycles. The van der Waals surface area contributed by atoms with E-state index in [-0.39, 0.29) is 34.5 Å². The molecule has 2 aromatic rings. The number of anilines is 2. The van der Waals surface area contributed by atoms with Crippen molar-refractivity contribution in [3.05, 3.63) is 58.1 Å². The van der Waals surface area contributed by atoms with Crippen LogP contribution in [-0.2, 0) is 14.3 Å². The van der Waals surface area contributed by atoms with Crippen LogP contribution in [0, 0.1) is 16.0 Å². The van der Waals surface area contributed by atoms with Gasteiger partial charge in [-0.1, -0.05) is 0 Å². The first-order chi connectivity index (χ1) is 14.8. The molecular weight excluding hydrogens is 406 g/mol. The molecule has 10 nitrogen and oxygen atoms in total. The van der Waals surface area contributed by atoms with E-state index < -0.39 is 22.9 Å². The van der Waals surface area contributed by atoms with Crippen LogP contribution >= 0.6 is 0 Å². The molecule has 1 atom stereocenters. The Morgan fingerprint density at radius 1 is 1.10 bits per heavy atom. The number of benzene rings is 2. The van der Waals surface area contributed by atoms with Crippen LogP contribution in [0.5, 0.6) is 5.75 Å². The van der Waals surface area contributed by atoms with Crippen molar-refractivity contribution >= 4 is 34.8 Å². The first kappa shape index (κ1) is 21.8. The number of carbonyl (C=O) groups is 3. The second-order valence-electron chi connectivity index (χ2n) is 7.02. The van der Waals surface area contributed by atoms with E-state index in [0.717, 1.165) is 18.9 Å². The van der Waals surface area contributed by atoms with Gasteiger partial charge in [0.2, 0.25) is 5.91 Å². The van der Waals surface area contributed by atoms with Gasteiger partial charge >= 0.3 is 5.97 Å². The molecule has 0 radical (unpaired) electrons. The number of nitro benzene ring substituents is 1. The maximum absolute atomic E-state index is 12.4. The highest BCUT2D eigenvalue weighted by Gasteiger charge is 2.29. The van der Waals surface area contributed by atoms with E-state index in [2.05, 4.69) is 10.6 Å². The van der Waals surface area contributed by atoms with E-state index in [1.807, 2.05) is 0 Å². The molecule has 1 fully saturated rings. The Morgan fingerprint density at radius 3 is 2.35 bits per heavy atom. The van der Waals surface area contributed by atoms with Gasteiger partial charge in [0.1, 0.15) is 5.75 Å². The van der Waals surface area contributed by atoms with Gasteiger partial charge in [-0.2, -0.15) is 0 Å². The first-order valence-corrected chi connectivity index (χ1v) is 9.53. The lowest BCUT2D eigenvalue weighted by molar-refractivity contribution is -0.384. The Morgan fingerprint density at radius 2 is 1.77 bits per heavy atom. The Bertz CT molecular complexity index is 1020. The number of carbonyl (C=O) groups excluding carboxylic acids is 3. The summed E-state index contributed by atoms with van der Waals surface area (Å²) in [5.74, 6) is -1.17. The number of ether oxygens (including phenoxy) is 2. The third kappa shape index (κ3) is 5.56. The van der Waals surface area contributed by atoms with Crippen LogP contribution < -0.4 is 15.4 Å². The van der Waals surface area contributed by atoms with Gasteiger partial charge in [0.15, 0.2) is 6.10 Å². The van der Waals surface area contributed by atoms with Crippen molar-refractivity contribution in [1.29, 1.82) is 0 Å². The van der Waals surface area contributed by atoms with Gasteiger partial charge in [0, 0.05) is 23.7 Å². The summed E-state index contributed by atoms with van der Waals surface area (Å²) in [5, 5.41) is 16.2. The van der Waals surface area contributed by atoms with Gasteiger partial charge in [-0.15, -0.1) is 0 Å². The molecule has 31 heavy (non-hydrogen) atoms. The van der Waals surface area contributed by atoms with E-state index in [1.54, 1.807) is 12.1 Å². The van der Waals surface area contributed by atoms with E-state index >= 15 is 0 Å². The summed E-state index contributed by atoms with van der Waals surface area (Å²) in [5.41, 5.74) is 0.629. The molecule has 1 saturated carbocycles. The lowest BCUT2D eigenvalue weighted by atomic mass is 10.2. The average molecular weight is 427 g/mol. The standard InChI is InChI=1S/C21H21N3O7/c1-12(19(25)23-17-11-16(24(28)29)9-10-18(17)30-2)31-21(27)14-5-7-15(8-6-14)22-20(26)13-3-4-13/h5-13H,3-4H2,1-2H3,(H,22,26)(H,23,25). The lowest BCUT2D eigenvalue weighted by Crippen LogP contribution is -2.30. The molecule has 0 bridgehead atoms. The predicted molar refractivity (Wildman–Crippen MR) is 111 cm³/mol. The highest BCUT2D eigenvalue weighted by atomic mass is 16.6. The van der Waals surface area contributed by atoms with Crippen LogP contribution in [0.1, 0.15) is 30.1 Å². The zero-order valence-corrected chi connectivity index (χ0v) is 16.9. The lowest BCUT2D eigenvalue weighted by Gasteiger charge is -2.15. The molecule has 3 rings (SSSR count). The highest BCUT2D eigenvalue weighted by molar-refractivity contribution is 5.99. The smallest absolute Gasteiger partial charge is 0.338 e. The SMILES string of the molecule is COc1ccc([N+](=O)[O-])cc1NC(=O)C(C)OC(=O)c1ccc(NC(=O)C2CC2)cc1. The average Bonchev–Trinajstić information content (AvgIpc) is 3.59. The molecule has 0 heterocycles. The van der Waals surface area contributed by atoms with E-state index in [9.17, 15) is 24.5 Å². The molecule has 1 aliphatic rings. The van der Waals surface area contributed by atoms with Crippen LogP contribution in [0.25, 0.3) is 0 Å². The summed E-state index contributed by atoms with van der Waals surface area (Å²) >= 11 is 0. The maximum atomic E-state index is 12.4. The molecule has 2 aromatic carbocycles. The third-order valence-corrected chi connectivity index (χ3v) is 4.64. The maximum Gasteiger partial charge on any atom is 0.338 e. The summed E-state index contributed by atoms with van der Waals surface area (Å²) < 4.78 is 10.3. The van der Waals surface area contributed by atoms with Crippen LogP contribution in [-0.4, -0.2) is 35.9 Å². The molecule has 10 heteroatoms.